The Morgan fingerprint density at radius 3 is 1.19 bits per heavy atom. The molecule has 6 aliphatic rings. The second-order valence-corrected chi connectivity index (χ2v) is 25.9. The molecule has 0 aromatic carbocycles. The summed E-state index contributed by atoms with van der Waals surface area (Å²) < 4.78 is 94.5. The minimum Gasteiger partial charge on any atom is -0.470 e. The van der Waals surface area contributed by atoms with E-state index in [0.717, 1.165) is 57.3 Å². The van der Waals surface area contributed by atoms with Crippen molar-refractivity contribution in [1.82, 2.24) is 14.7 Å². The minimum absolute atomic E-state index is 0.0128. The van der Waals surface area contributed by atoms with E-state index >= 15 is 0 Å². The molecular weight excluding hydrogens is 1000 g/mol. The fourth-order valence-electron chi connectivity index (χ4n) is 10.1. The third kappa shape index (κ3) is 12.6. The van der Waals surface area contributed by atoms with Crippen molar-refractivity contribution >= 4 is 47.4 Å². The lowest BCUT2D eigenvalue weighted by atomic mass is 9.87. The van der Waals surface area contributed by atoms with Crippen molar-refractivity contribution in [3.8, 4) is 24.3 Å². The number of hydrogen-bond acceptors (Lipinski definition) is 19. The van der Waals surface area contributed by atoms with Crippen molar-refractivity contribution in [3.05, 3.63) is 90.3 Å². The lowest BCUT2D eigenvalue weighted by Crippen LogP contribution is -2.33. The molecule has 0 radical (unpaired) electrons. The van der Waals surface area contributed by atoms with E-state index in [0.29, 0.717) is 56.4 Å². The molecule has 0 amide bonds. The lowest BCUT2D eigenvalue weighted by Gasteiger charge is -2.32. The standard InChI is InChI=1S/C49H55N9O12S3/c1-54-45-37(20-34(73(5,66)67)23-44(45)58-16-10-11-17-58)46(55-2)49(61)70-30-31(28-68-47(59)40(26-52)35-18-32(71(3,62)63)21-42(38(35)24-50)56-12-6-7-13-56)29-69-48(60)41(27-53)36-19-33(72(4,64)65)22-43(39(36)25-51)57-14-8-9-15-57/h31-34H,6-23,28-30H2,3-5H3/b40-35+,41-36+,46-37-. The Balaban J connectivity index is 1.36. The van der Waals surface area contributed by atoms with Gasteiger partial charge in [-0.3, -0.25) is 4.79 Å². The smallest absolute Gasteiger partial charge is 0.349 e. The molecule has 0 aromatic heterocycles. The van der Waals surface area contributed by atoms with Gasteiger partial charge in [0, 0.05) is 88.0 Å². The Morgan fingerprint density at radius 1 is 0.548 bits per heavy atom. The summed E-state index contributed by atoms with van der Waals surface area (Å²) in [6.07, 6.45) is 6.53. The zero-order chi connectivity index (χ0) is 53.4. The van der Waals surface area contributed by atoms with Gasteiger partial charge in [0.2, 0.25) is 0 Å². The number of nitrogens with zero attached hydrogens (tertiary/aromatic N) is 9. The van der Waals surface area contributed by atoms with Gasteiger partial charge in [-0.2, -0.15) is 21.0 Å². The fraction of sp³-hybridized carbons (Fsp3) is 0.571. The molecule has 21 nitrogen and oxygen atoms in total. The van der Waals surface area contributed by atoms with Crippen molar-refractivity contribution in [3.63, 3.8) is 0 Å². The topological polar surface area (TPSA) is 295 Å². The maximum Gasteiger partial charge on any atom is 0.349 e. The van der Waals surface area contributed by atoms with E-state index in [1.165, 1.54) is 0 Å². The van der Waals surface area contributed by atoms with E-state index in [1.54, 1.807) is 12.1 Å². The van der Waals surface area contributed by atoms with Crippen molar-refractivity contribution < 1.29 is 53.8 Å². The van der Waals surface area contributed by atoms with E-state index in [2.05, 4.69) is 9.69 Å². The summed E-state index contributed by atoms with van der Waals surface area (Å²) in [5.41, 5.74) is -1.55. The molecule has 3 unspecified atom stereocenters. The van der Waals surface area contributed by atoms with Gasteiger partial charge >= 0.3 is 17.9 Å². The first-order valence-corrected chi connectivity index (χ1v) is 29.5. The van der Waals surface area contributed by atoms with Crippen LogP contribution < -0.4 is 0 Å². The highest BCUT2D eigenvalue weighted by molar-refractivity contribution is 7.91. The molecule has 3 aliphatic carbocycles. The van der Waals surface area contributed by atoms with Crippen LogP contribution in [0.4, 0.5) is 0 Å². The first-order valence-electron chi connectivity index (χ1n) is 23.7. The van der Waals surface area contributed by atoms with Gasteiger partial charge in [-0.25, -0.2) is 44.5 Å². The predicted octanol–water partition coefficient (Wildman–Crippen LogP) is 3.64. The van der Waals surface area contributed by atoms with Crippen molar-refractivity contribution in [2.75, 3.05) is 77.9 Å². The summed E-state index contributed by atoms with van der Waals surface area (Å²) in [6, 6.07) is 7.61. The average Bonchev–Trinajstić information content (AvgIpc) is 4.19. The fourth-order valence-corrected chi connectivity index (χ4v) is 12.9. The van der Waals surface area contributed by atoms with Gasteiger partial charge in [0.25, 0.3) is 5.70 Å². The summed E-state index contributed by atoms with van der Waals surface area (Å²) >= 11 is 0. The van der Waals surface area contributed by atoms with Crippen LogP contribution in [0.2, 0.25) is 0 Å². The Morgan fingerprint density at radius 2 is 0.877 bits per heavy atom. The van der Waals surface area contributed by atoms with E-state index < -0.39 is 106 Å². The zero-order valence-corrected chi connectivity index (χ0v) is 43.3. The molecule has 3 aliphatic heterocycles. The van der Waals surface area contributed by atoms with E-state index in [1.807, 2.05) is 26.8 Å². The summed E-state index contributed by atoms with van der Waals surface area (Å²) in [4.78, 5) is 54.5. The van der Waals surface area contributed by atoms with Crippen LogP contribution in [0.15, 0.2) is 67.5 Å². The normalized spacial score (nSPS) is 24.3. The number of carbonyl (C=O) groups is 3. The van der Waals surface area contributed by atoms with Crippen LogP contribution >= 0.6 is 0 Å². The Bertz CT molecular complexity index is 2790. The molecule has 0 N–H and O–H groups in total. The average molecular weight is 1060 g/mol. The van der Waals surface area contributed by atoms with Gasteiger partial charge in [0.05, 0.1) is 52.6 Å². The number of esters is 3. The molecule has 0 spiro atoms. The number of ether oxygens (including phenoxy) is 3. The molecule has 3 saturated heterocycles. The van der Waals surface area contributed by atoms with E-state index in [4.69, 9.17) is 27.4 Å². The van der Waals surface area contributed by atoms with Crippen LogP contribution in [0.5, 0.6) is 0 Å². The predicted molar refractivity (Wildman–Crippen MR) is 260 cm³/mol. The summed E-state index contributed by atoms with van der Waals surface area (Å²) in [5, 5.41) is 38.3. The van der Waals surface area contributed by atoms with Crippen molar-refractivity contribution in [1.29, 1.82) is 21.0 Å². The van der Waals surface area contributed by atoms with Crippen LogP contribution in [-0.4, -0.2) is 151 Å². The number of nitriles is 4. The Labute approximate surface area is 426 Å². The molecule has 73 heavy (non-hydrogen) atoms. The zero-order valence-electron chi connectivity index (χ0n) is 40.8. The lowest BCUT2D eigenvalue weighted by molar-refractivity contribution is -0.148. The first-order chi connectivity index (χ1) is 34.6. The molecule has 386 valence electrons. The van der Waals surface area contributed by atoms with Crippen LogP contribution in [0, 0.1) is 64.4 Å². The highest BCUT2D eigenvalue weighted by atomic mass is 32.2. The number of rotatable bonds is 15. The van der Waals surface area contributed by atoms with Gasteiger partial charge in [-0.05, 0) is 80.9 Å². The number of carbonyl (C=O) groups excluding carboxylic acids is 3. The Hall–Kier alpha value is -6.96. The summed E-state index contributed by atoms with van der Waals surface area (Å²) in [7, 11) is -11.3. The van der Waals surface area contributed by atoms with Crippen LogP contribution in [0.3, 0.4) is 0 Å². The van der Waals surface area contributed by atoms with Gasteiger partial charge in [-0.1, -0.05) is 0 Å². The second kappa shape index (κ2) is 23.3. The maximum absolute atomic E-state index is 14.0. The SMILES string of the molecule is [C-]#[N+]C1=C(N2CCCC2)CC(S(C)(=O)=O)C/C1=C(/[N+]#[C-])C(=O)OCC(COC(=O)/C(C#N)=C1\CC(S(C)(=O)=O)CC(N2CCCC2)=C1C#N)COC(=O)/C(C#N)=C1\CC(S(C)(=O)=O)CC(N2CCCC2)=C1C#N. The maximum atomic E-state index is 14.0. The molecule has 3 heterocycles. The Kier molecular flexibility index (Phi) is 17.7. The minimum atomic E-state index is -3.78. The summed E-state index contributed by atoms with van der Waals surface area (Å²) in [5.74, 6) is -5.29. The molecule has 3 fully saturated rings. The number of sulfone groups is 3. The molecule has 0 bridgehead atoms. The van der Waals surface area contributed by atoms with Gasteiger partial charge in [0.15, 0.2) is 35.2 Å². The molecule has 0 aromatic rings. The van der Waals surface area contributed by atoms with Gasteiger partial charge in [-0.15, -0.1) is 0 Å². The second-order valence-electron chi connectivity index (χ2n) is 19.0. The number of hydrogen-bond donors (Lipinski definition) is 0. The van der Waals surface area contributed by atoms with Crippen LogP contribution in [0.25, 0.3) is 9.69 Å². The van der Waals surface area contributed by atoms with Crippen LogP contribution in [0.1, 0.15) is 77.0 Å². The van der Waals surface area contributed by atoms with Crippen molar-refractivity contribution in [2.45, 2.75) is 92.8 Å². The van der Waals surface area contributed by atoms with E-state index in [9.17, 15) is 60.7 Å². The molecule has 6 rings (SSSR count). The van der Waals surface area contributed by atoms with Gasteiger partial charge < -0.3 is 28.9 Å². The quantitative estimate of drug-likeness (QED) is 0.0743. The highest BCUT2D eigenvalue weighted by Crippen LogP contribution is 2.41. The van der Waals surface area contributed by atoms with E-state index in [-0.39, 0.29) is 72.1 Å². The molecule has 0 saturated carbocycles. The largest absolute Gasteiger partial charge is 0.470 e. The third-order valence-corrected chi connectivity index (χ3v) is 18.7. The number of allylic oxidation sites excluding steroid dienone is 8. The monoisotopic (exact) mass is 1060 g/mol. The van der Waals surface area contributed by atoms with Gasteiger partial charge in [0.1, 0.15) is 48.6 Å². The van der Waals surface area contributed by atoms with Crippen LogP contribution in [-0.2, 0) is 58.1 Å². The van der Waals surface area contributed by atoms with Crippen molar-refractivity contribution in [2.24, 2.45) is 5.92 Å². The third-order valence-electron chi connectivity index (χ3n) is 14.1. The molecule has 24 heteroatoms. The molecular formula is C49H55N9O12S3. The first kappa shape index (κ1) is 55.4. The number of likely N-dealkylation sites (tertiary alicyclic amines) is 3. The molecule has 3 atom stereocenters. The summed E-state index contributed by atoms with van der Waals surface area (Å²) in [6.45, 7) is 16.8. The highest BCUT2D eigenvalue weighted by Gasteiger charge is 2.41.